The molecule has 20 heavy (non-hydrogen) atoms. The van der Waals surface area contributed by atoms with Gasteiger partial charge in [0.05, 0.1) is 22.6 Å². The maximum atomic E-state index is 11.1. The number of ether oxygens (including phenoxy) is 1. The van der Waals surface area contributed by atoms with Crippen LogP contribution < -0.4 is 4.90 Å². The number of likely N-dealkylation sites (N-methyl/N-ethyl adjacent to an activating group) is 1. The molecule has 1 N–H and O–H groups in total. The molecule has 2 heterocycles. The van der Waals surface area contributed by atoms with Crippen LogP contribution in [-0.4, -0.2) is 46.8 Å². The van der Waals surface area contributed by atoms with Crippen molar-refractivity contribution in [2.75, 3.05) is 18.6 Å². The van der Waals surface area contributed by atoms with Gasteiger partial charge in [0.2, 0.25) is 5.82 Å². The van der Waals surface area contributed by atoms with Gasteiger partial charge in [-0.15, -0.1) is 0 Å². The van der Waals surface area contributed by atoms with Crippen molar-refractivity contribution in [2.24, 2.45) is 0 Å². The lowest BCUT2D eigenvalue weighted by Crippen LogP contribution is -2.37. The van der Waals surface area contributed by atoms with Crippen LogP contribution in [0.1, 0.15) is 23.7 Å². The van der Waals surface area contributed by atoms with E-state index >= 15 is 0 Å². The molecule has 1 aliphatic heterocycles. The molecule has 1 saturated heterocycles. The third-order valence-corrected chi connectivity index (χ3v) is 3.46. The van der Waals surface area contributed by atoms with Crippen LogP contribution in [-0.2, 0) is 4.74 Å². The number of rotatable bonds is 4. The van der Waals surface area contributed by atoms with E-state index in [0.717, 1.165) is 18.7 Å². The van der Waals surface area contributed by atoms with Crippen LogP contribution in [0.25, 0.3) is 0 Å². The predicted octanol–water partition coefficient (Wildman–Crippen LogP) is 1.30. The maximum Gasteiger partial charge on any atom is 0.337 e. The van der Waals surface area contributed by atoms with Gasteiger partial charge in [-0.25, -0.2) is 9.78 Å². The SMILES string of the molecule is CC1OCCC1N(C)c1ncc(C(=O)O)cc1[N+](=O)[O-]. The largest absolute Gasteiger partial charge is 0.478 e. The summed E-state index contributed by atoms with van der Waals surface area (Å²) in [5, 5.41) is 20.0. The van der Waals surface area contributed by atoms with Crippen LogP contribution in [0, 0.1) is 10.1 Å². The Kier molecular flexibility index (Phi) is 3.84. The van der Waals surface area contributed by atoms with E-state index in [1.807, 2.05) is 6.92 Å². The molecule has 1 fully saturated rings. The summed E-state index contributed by atoms with van der Waals surface area (Å²) in [4.78, 5) is 27.0. The summed E-state index contributed by atoms with van der Waals surface area (Å²) in [6.45, 7) is 2.49. The van der Waals surface area contributed by atoms with Crippen molar-refractivity contribution in [3.05, 3.63) is 27.9 Å². The molecule has 108 valence electrons. The number of aromatic nitrogens is 1. The molecule has 1 aromatic rings. The summed E-state index contributed by atoms with van der Waals surface area (Å²) in [6.07, 6.45) is 1.82. The number of nitro groups is 1. The fraction of sp³-hybridized carbons (Fsp3) is 0.500. The third kappa shape index (κ3) is 2.55. The fourth-order valence-electron chi connectivity index (χ4n) is 2.36. The maximum absolute atomic E-state index is 11.1. The van der Waals surface area contributed by atoms with Crippen molar-refractivity contribution < 1.29 is 19.6 Å². The van der Waals surface area contributed by atoms with Gasteiger partial charge in [0.25, 0.3) is 0 Å². The summed E-state index contributed by atoms with van der Waals surface area (Å²) < 4.78 is 5.44. The second-order valence-electron chi connectivity index (χ2n) is 4.67. The van der Waals surface area contributed by atoms with Crippen molar-refractivity contribution >= 4 is 17.5 Å². The Hall–Kier alpha value is -2.22. The summed E-state index contributed by atoms with van der Waals surface area (Å²) in [5.74, 6) is -1.09. The number of anilines is 1. The lowest BCUT2D eigenvalue weighted by Gasteiger charge is -2.27. The highest BCUT2D eigenvalue weighted by Gasteiger charge is 2.32. The summed E-state index contributed by atoms with van der Waals surface area (Å²) in [7, 11) is 1.70. The van der Waals surface area contributed by atoms with Gasteiger partial charge < -0.3 is 14.7 Å². The Balaban J connectivity index is 2.40. The van der Waals surface area contributed by atoms with Crippen LogP contribution in [0.2, 0.25) is 0 Å². The number of carboxylic acids is 1. The average molecular weight is 281 g/mol. The highest BCUT2D eigenvalue weighted by Crippen LogP contribution is 2.30. The van der Waals surface area contributed by atoms with Crippen molar-refractivity contribution in [2.45, 2.75) is 25.5 Å². The molecule has 0 spiro atoms. The quantitative estimate of drug-likeness (QED) is 0.654. The van der Waals surface area contributed by atoms with Crippen LogP contribution >= 0.6 is 0 Å². The first-order valence-corrected chi connectivity index (χ1v) is 6.14. The van der Waals surface area contributed by atoms with Gasteiger partial charge in [-0.3, -0.25) is 10.1 Å². The van der Waals surface area contributed by atoms with Gasteiger partial charge >= 0.3 is 11.7 Å². The van der Waals surface area contributed by atoms with Crippen molar-refractivity contribution in [3.63, 3.8) is 0 Å². The standard InChI is InChI=1S/C12H15N3O5/c1-7-9(3-4-20-7)14(2)11-10(15(18)19)5-8(6-13-11)12(16)17/h5-7,9H,3-4H2,1-2H3,(H,16,17). The Morgan fingerprint density at radius 1 is 1.65 bits per heavy atom. The summed E-state index contributed by atoms with van der Waals surface area (Å²) in [5.41, 5.74) is -0.518. The van der Waals surface area contributed by atoms with Gasteiger partial charge in [-0.1, -0.05) is 0 Å². The summed E-state index contributed by atoms with van der Waals surface area (Å²) in [6, 6.07) is 1.01. The first-order chi connectivity index (χ1) is 9.41. The zero-order valence-electron chi connectivity index (χ0n) is 11.1. The molecule has 8 heteroatoms. The Morgan fingerprint density at radius 2 is 2.35 bits per heavy atom. The number of carboxylic acid groups (broad SMARTS) is 1. The molecular formula is C12H15N3O5. The number of pyridine rings is 1. The number of aromatic carboxylic acids is 1. The van der Waals surface area contributed by atoms with E-state index in [9.17, 15) is 14.9 Å². The van der Waals surface area contributed by atoms with E-state index in [2.05, 4.69) is 4.98 Å². The molecule has 0 bridgehead atoms. The molecule has 0 amide bonds. The van der Waals surface area contributed by atoms with Crippen LogP contribution in [0.5, 0.6) is 0 Å². The molecule has 2 atom stereocenters. The molecular weight excluding hydrogens is 266 g/mol. The minimum atomic E-state index is -1.24. The van der Waals surface area contributed by atoms with Gasteiger partial charge in [0, 0.05) is 25.9 Å². The highest BCUT2D eigenvalue weighted by molar-refractivity contribution is 5.88. The van der Waals surface area contributed by atoms with Gasteiger partial charge in [0.1, 0.15) is 0 Å². The monoisotopic (exact) mass is 281 g/mol. The summed E-state index contributed by atoms with van der Waals surface area (Å²) >= 11 is 0. The molecule has 0 aromatic carbocycles. The van der Waals surface area contributed by atoms with E-state index in [1.54, 1.807) is 11.9 Å². The molecule has 2 rings (SSSR count). The van der Waals surface area contributed by atoms with Gasteiger partial charge in [-0.2, -0.15) is 0 Å². The lowest BCUT2D eigenvalue weighted by atomic mass is 10.1. The van der Waals surface area contributed by atoms with E-state index in [1.165, 1.54) is 0 Å². The van der Waals surface area contributed by atoms with Crippen LogP contribution in [0.4, 0.5) is 11.5 Å². The average Bonchev–Trinajstić information content (AvgIpc) is 2.83. The first kappa shape index (κ1) is 14.2. The lowest BCUT2D eigenvalue weighted by molar-refractivity contribution is -0.384. The zero-order chi connectivity index (χ0) is 14.9. The Labute approximate surface area is 115 Å². The topological polar surface area (TPSA) is 106 Å². The fourth-order valence-corrected chi connectivity index (χ4v) is 2.36. The predicted molar refractivity (Wildman–Crippen MR) is 70.1 cm³/mol. The van der Waals surface area contributed by atoms with Crippen molar-refractivity contribution in [1.82, 2.24) is 4.98 Å². The normalized spacial score (nSPS) is 21.7. The van der Waals surface area contributed by atoms with E-state index in [-0.39, 0.29) is 29.2 Å². The number of hydrogen-bond donors (Lipinski definition) is 1. The molecule has 1 aliphatic rings. The van der Waals surface area contributed by atoms with Gasteiger partial charge in [0.15, 0.2) is 0 Å². The van der Waals surface area contributed by atoms with Crippen LogP contribution in [0.3, 0.4) is 0 Å². The zero-order valence-corrected chi connectivity index (χ0v) is 11.1. The highest BCUT2D eigenvalue weighted by atomic mass is 16.6. The first-order valence-electron chi connectivity index (χ1n) is 6.14. The Morgan fingerprint density at radius 3 is 2.85 bits per heavy atom. The molecule has 0 aliphatic carbocycles. The minimum Gasteiger partial charge on any atom is -0.478 e. The molecule has 0 radical (unpaired) electrons. The van der Waals surface area contributed by atoms with E-state index in [4.69, 9.17) is 9.84 Å². The number of nitrogens with zero attached hydrogens (tertiary/aromatic N) is 3. The van der Waals surface area contributed by atoms with E-state index in [0.29, 0.717) is 6.61 Å². The second-order valence-corrected chi connectivity index (χ2v) is 4.67. The number of hydrogen-bond acceptors (Lipinski definition) is 6. The Bertz CT molecular complexity index is 548. The molecule has 8 nitrogen and oxygen atoms in total. The molecule has 2 unspecified atom stereocenters. The molecule has 0 saturated carbocycles. The molecule has 1 aromatic heterocycles. The number of carbonyl (C=O) groups is 1. The van der Waals surface area contributed by atoms with Crippen LogP contribution in [0.15, 0.2) is 12.3 Å². The smallest absolute Gasteiger partial charge is 0.337 e. The van der Waals surface area contributed by atoms with Gasteiger partial charge in [-0.05, 0) is 13.3 Å². The minimum absolute atomic E-state index is 0.0168. The van der Waals surface area contributed by atoms with E-state index < -0.39 is 10.9 Å². The second kappa shape index (κ2) is 5.41. The van der Waals surface area contributed by atoms with Crippen molar-refractivity contribution in [3.8, 4) is 0 Å². The third-order valence-electron chi connectivity index (χ3n) is 3.46. The van der Waals surface area contributed by atoms with Crippen molar-refractivity contribution in [1.29, 1.82) is 0 Å².